The second-order valence-corrected chi connectivity index (χ2v) is 4.62. The van der Waals surface area contributed by atoms with E-state index in [-0.39, 0.29) is 21.6 Å². The third-order valence-corrected chi connectivity index (χ3v) is 3.50. The average Bonchev–Trinajstić information content (AvgIpc) is 2.89. The number of non-ortho nitro benzene ring substituents is 1. The van der Waals surface area contributed by atoms with Gasteiger partial charge in [0.2, 0.25) is 6.41 Å². The van der Waals surface area contributed by atoms with Crippen LogP contribution in [0, 0.1) is 15.3 Å². The van der Waals surface area contributed by atoms with Crippen molar-refractivity contribution in [2.45, 2.75) is 0 Å². The largest absolute Gasteiger partial charge is 0.364 e. The van der Waals surface area contributed by atoms with Crippen LogP contribution in [0.3, 0.4) is 0 Å². The van der Waals surface area contributed by atoms with E-state index < -0.39 is 4.92 Å². The number of nitro benzene ring substituents is 1. The molecule has 0 saturated carbocycles. The van der Waals surface area contributed by atoms with Crippen molar-refractivity contribution in [1.29, 1.82) is 0 Å². The molecule has 10 nitrogen and oxygen atoms in total. The van der Waals surface area contributed by atoms with Gasteiger partial charge >= 0.3 is 11.2 Å². The van der Waals surface area contributed by atoms with Crippen molar-refractivity contribution < 1.29 is 19.2 Å². The monoisotopic (exact) mass is 293 g/mol. The molecule has 2 aromatic rings. The van der Waals surface area contributed by atoms with Crippen molar-refractivity contribution in [3.8, 4) is 0 Å². The van der Waals surface area contributed by atoms with E-state index in [1.54, 1.807) is 11.0 Å². The number of nitrogens with zero attached hydrogens (tertiary/aromatic N) is 5. The van der Waals surface area contributed by atoms with E-state index >= 15 is 0 Å². The second-order valence-electron chi connectivity index (χ2n) is 4.62. The Morgan fingerprint density at radius 2 is 2.05 bits per heavy atom. The van der Waals surface area contributed by atoms with Crippen LogP contribution in [0.25, 0.3) is 11.0 Å². The molecule has 0 bridgehead atoms. The van der Waals surface area contributed by atoms with Gasteiger partial charge in [-0.05, 0) is 11.0 Å². The summed E-state index contributed by atoms with van der Waals surface area (Å²) in [6, 6.07) is 2.80. The highest BCUT2D eigenvalue weighted by molar-refractivity contribution is 5.92. The van der Waals surface area contributed by atoms with Gasteiger partial charge in [0, 0.05) is 37.4 Å². The Morgan fingerprint density at radius 1 is 1.33 bits per heavy atom. The molecule has 1 aliphatic rings. The van der Waals surface area contributed by atoms with E-state index in [1.807, 2.05) is 4.90 Å². The van der Waals surface area contributed by atoms with Gasteiger partial charge in [0.25, 0.3) is 5.52 Å². The number of nitro groups is 1. The number of fused-ring (bicyclic) bond motifs is 1. The number of amides is 1. The molecule has 1 fully saturated rings. The molecule has 0 N–H and O–H groups in total. The quantitative estimate of drug-likeness (QED) is 0.328. The van der Waals surface area contributed by atoms with Gasteiger partial charge < -0.3 is 15.0 Å². The fourth-order valence-corrected chi connectivity index (χ4v) is 2.42. The van der Waals surface area contributed by atoms with Crippen molar-refractivity contribution in [1.82, 2.24) is 10.1 Å². The van der Waals surface area contributed by atoms with E-state index in [9.17, 15) is 20.1 Å². The Hall–Kier alpha value is -2.91. The summed E-state index contributed by atoms with van der Waals surface area (Å²) in [5, 5.41) is 26.1. The van der Waals surface area contributed by atoms with Gasteiger partial charge in [-0.3, -0.25) is 19.5 Å². The first-order valence-electron chi connectivity index (χ1n) is 6.23. The van der Waals surface area contributed by atoms with Crippen molar-refractivity contribution in [2.24, 2.45) is 0 Å². The molecule has 10 heteroatoms. The van der Waals surface area contributed by atoms with Gasteiger partial charge in [-0.2, -0.15) is 0 Å². The molecule has 21 heavy (non-hydrogen) atoms. The van der Waals surface area contributed by atoms with Crippen molar-refractivity contribution in [2.75, 3.05) is 31.1 Å². The molecule has 1 aromatic carbocycles. The highest BCUT2D eigenvalue weighted by Gasteiger charge is 2.29. The van der Waals surface area contributed by atoms with Crippen molar-refractivity contribution in [3.63, 3.8) is 0 Å². The Morgan fingerprint density at radius 3 is 2.67 bits per heavy atom. The molecule has 110 valence electrons. The summed E-state index contributed by atoms with van der Waals surface area (Å²) >= 11 is 0. The summed E-state index contributed by atoms with van der Waals surface area (Å²) in [6.45, 7) is 2.18. The molecule has 3 rings (SSSR count). The molecule has 1 amide bonds. The number of anilines is 1. The Bertz CT molecular complexity index is 706. The van der Waals surface area contributed by atoms with E-state index in [1.165, 1.54) is 6.07 Å². The summed E-state index contributed by atoms with van der Waals surface area (Å²) in [7, 11) is 0. The smallest absolute Gasteiger partial charge is 0.324 e. The minimum atomic E-state index is -0.651. The van der Waals surface area contributed by atoms with Crippen LogP contribution in [0.5, 0.6) is 0 Å². The number of piperazine rings is 1. The van der Waals surface area contributed by atoms with Gasteiger partial charge in [0.05, 0.1) is 10.6 Å². The zero-order valence-corrected chi connectivity index (χ0v) is 10.8. The number of rotatable bonds is 3. The van der Waals surface area contributed by atoms with Crippen LogP contribution in [0.1, 0.15) is 0 Å². The summed E-state index contributed by atoms with van der Waals surface area (Å²) in [5.74, 6) is 0. The van der Waals surface area contributed by atoms with Crippen LogP contribution in [-0.4, -0.2) is 47.6 Å². The molecule has 0 radical (unpaired) electrons. The maximum absolute atomic E-state index is 11.5. The van der Waals surface area contributed by atoms with Gasteiger partial charge in [-0.1, -0.05) is 0 Å². The first-order valence-corrected chi connectivity index (χ1v) is 6.23. The first-order chi connectivity index (χ1) is 10.1. The standard InChI is InChI=1S/C11H11N5O5/c17-7-13-3-5-14(6-4-13)8-1-2-9(15(18)19)11-10(8)12-21-16(11)20/h1-2,7H,3-6H2. The van der Waals surface area contributed by atoms with Gasteiger partial charge in [-0.15, -0.1) is 0 Å². The summed E-state index contributed by atoms with van der Waals surface area (Å²) in [5.41, 5.74) is 0.185. The van der Waals surface area contributed by atoms with Crippen LogP contribution < -0.4 is 9.80 Å². The molecule has 0 aliphatic carbocycles. The minimum absolute atomic E-state index is 0.0403. The number of carbonyl (C=O) groups is 1. The predicted molar refractivity (Wildman–Crippen MR) is 69.5 cm³/mol. The normalized spacial score (nSPS) is 15.4. The highest BCUT2D eigenvalue weighted by atomic mass is 16.8. The fourth-order valence-electron chi connectivity index (χ4n) is 2.42. The minimum Gasteiger partial charge on any atom is -0.364 e. The summed E-state index contributed by atoms with van der Waals surface area (Å²) < 4.78 is 4.49. The maximum Gasteiger partial charge on any atom is 0.324 e. The van der Waals surface area contributed by atoms with Crippen LogP contribution in [0.15, 0.2) is 16.8 Å². The lowest BCUT2D eigenvalue weighted by Gasteiger charge is -2.33. The van der Waals surface area contributed by atoms with Gasteiger partial charge in [0.15, 0.2) is 0 Å². The number of hydrogen-bond acceptors (Lipinski definition) is 7. The fraction of sp³-hybridized carbons (Fsp3) is 0.364. The number of benzene rings is 1. The number of carbonyl (C=O) groups excluding carboxylic acids is 1. The van der Waals surface area contributed by atoms with Crippen LogP contribution in [0.4, 0.5) is 11.4 Å². The summed E-state index contributed by atoms with van der Waals surface area (Å²) in [4.78, 5) is 24.6. The SMILES string of the molecule is O=CN1CCN(c2ccc([N+](=O)[O-])c3c2no[n+]3[O-])CC1. The molecule has 0 unspecified atom stereocenters. The lowest BCUT2D eigenvalue weighted by Crippen LogP contribution is -2.45. The molecule has 0 atom stereocenters. The average molecular weight is 293 g/mol. The lowest BCUT2D eigenvalue weighted by molar-refractivity contribution is -0.783. The topological polar surface area (TPSA) is 120 Å². The lowest BCUT2D eigenvalue weighted by atomic mass is 10.2. The van der Waals surface area contributed by atoms with Crippen molar-refractivity contribution in [3.05, 3.63) is 27.5 Å². The van der Waals surface area contributed by atoms with E-state index in [4.69, 9.17) is 0 Å². The summed E-state index contributed by atoms with van der Waals surface area (Å²) in [6.07, 6.45) is 0.782. The van der Waals surface area contributed by atoms with E-state index in [2.05, 4.69) is 9.79 Å². The number of aromatic nitrogens is 2. The molecular weight excluding hydrogens is 282 g/mol. The molecule has 2 heterocycles. The van der Waals surface area contributed by atoms with Crippen LogP contribution in [-0.2, 0) is 4.79 Å². The van der Waals surface area contributed by atoms with Crippen LogP contribution in [0.2, 0.25) is 0 Å². The highest BCUT2D eigenvalue weighted by Crippen LogP contribution is 2.30. The van der Waals surface area contributed by atoms with Crippen molar-refractivity contribution >= 4 is 28.8 Å². The van der Waals surface area contributed by atoms with E-state index in [0.717, 1.165) is 6.41 Å². The van der Waals surface area contributed by atoms with Gasteiger partial charge in [-0.25, -0.2) is 0 Å². The molecule has 1 aromatic heterocycles. The molecule has 1 saturated heterocycles. The Labute approximate surface area is 117 Å². The molecular formula is C11H11N5O5. The maximum atomic E-state index is 11.5. The molecule has 1 aliphatic heterocycles. The Kier molecular flexibility index (Phi) is 3.05. The molecule has 0 spiro atoms. The zero-order valence-electron chi connectivity index (χ0n) is 10.8. The van der Waals surface area contributed by atoms with Gasteiger partial charge in [0.1, 0.15) is 0 Å². The van der Waals surface area contributed by atoms with Crippen LogP contribution >= 0.6 is 0 Å². The number of hydrogen-bond donors (Lipinski definition) is 0. The third-order valence-electron chi connectivity index (χ3n) is 3.50. The Balaban J connectivity index is 2.03. The first kappa shape index (κ1) is 13.1. The predicted octanol–water partition coefficient (Wildman–Crippen LogP) is -0.352. The third kappa shape index (κ3) is 2.10. The zero-order chi connectivity index (χ0) is 15.0. The van der Waals surface area contributed by atoms with E-state index in [0.29, 0.717) is 31.9 Å². The second kappa shape index (κ2) is 4.89.